The van der Waals surface area contributed by atoms with Crippen LogP contribution < -0.4 is 5.32 Å². The van der Waals surface area contributed by atoms with E-state index >= 15 is 0 Å². The van der Waals surface area contributed by atoms with Crippen molar-refractivity contribution in [2.75, 3.05) is 14.2 Å². The van der Waals surface area contributed by atoms with Crippen LogP contribution in [0.15, 0.2) is 12.7 Å². The third kappa shape index (κ3) is 1.14. The standard InChI is InChI=1S/C12H19NO3/c1-5-10(2)11(9(14)13-10)6-7-12(8-11,15-3)16-4/h5H,1,6-8H2,2-4H3,(H,13,14). The summed E-state index contributed by atoms with van der Waals surface area (Å²) < 4.78 is 10.9. The molecule has 1 saturated heterocycles. The summed E-state index contributed by atoms with van der Waals surface area (Å²) in [6.07, 6.45) is 3.94. The summed E-state index contributed by atoms with van der Waals surface area (Å²) in [6, 6.07) is 0. The lowest BCUT2D eigenvalue weighted by Crippen LogP contribution is -2.73. The zero-order valence-corrected chi connectivity index (χ0v) is 10.1. The summed E-state index contributed by atoms with van der Waals surface area (Å²) >= 11 is 0. The number of hydrogen-bond acceptors (Lipinski definition) is 3. The van der Waals surface area contributed by atoms with Gasteiger partial charge in [-0.15, -0.1) is 6.58 Å². The van der Waals surface area contributed by atoms with E-state index in [4.69, 9.17) is 9.47 Å². The first-order chi connectivity index (χ1) is 7.47. The van der Waals surface area contributed by atoms with Gasteiger partial charge in [-0.3, -0.25) is 4.79 Å². The quantitative estimate of drug-likeness (QED) is 0.446. The minimum absolute atomic E-state index is 0.0888. The number of β-lactam (4-membered cyclic amide) rings is 1. The highest BCUT2D eigenvalue weighted by atomic mass is 16.7. The van der Waals surface area contributed by atoms with Crippen LogP contribution in [0.3, 0.4) is 0 Å². The van der Waals surface area contributed by atoms with Gasteiger partial charge in [0.2, 0.25) is 5.91 Å². The van der Waals surface area contributed by atoms with Crippen molar-refractivity contribution in [3.8, 4) is 0 Å². The Morgan fingerprint density at radius 3 is 2.38 bits per heavy atom. The molecule has 90 valence electrons. The van der Waals surface area contributed by atoms with E-state index in [-0.39, 0.29) is 11.4 Å². The molecule has 0 aromatic heterocycles. The number of carbonyl (C=O) groups excluding carboxylic acids is 1. The summed E-state index contributed by atoms with van der Waals surface area (Å²) in [5.41, 5.74) is -0.732. The van der Waals surface area contributed by atoms with Crippen LogP contribution in [-0.4, -0.2) is 31.5 Å². The van der Waals surface area contributed by atoms with Crippen LogP contribution >= 0.6 is 0 Å². The number of carbonyl (C=O) groups is 1. The van der Waals surface area contributed by atoms with Crippen LogP contribution in [0.25, 0.3) is 0 Å². The molecule has 0 aromatic rings. The maximum Gasteiger partial charge on any atom is 0.229 e. The molecule has 4 nitrogen and oxygen atoms in total. The smallest absolute Gasteiger partial charge is 0.229 e. The topological polar surface area (TPSA) is 47.6 Å². The molecule has 1 saturated carbocycles. The van der Waals surface area contributed by atoms with Gasteiger partial charge in [-0.25, -0.2) is 0 Å². The second-order valence-corrected chi connectivity index (χ2v) is 4.94. The first kappa shape index (κ1) is 11.6. The highest BCUT2D eigenvalue weighted by molar-refractivity contribution is 5.93. The van der Waals surface area contributed by atoms with Crippen molar-refractivity contribution in [1.29, 1.82) is 0 Å². The Balaban J connectivity index is 2.29. The molecule has 2 atom stereocenters. The molecule has 1 spiro atoms. The number of ether oxygens (including phenoxy) is 2. The van der Waals surface area contributed by atoms with E-state index in [1.165, 1.54) is 0 Å². The third-order valence-corrected chi connectivity index (χ3v) is 4.46. The summed E-state index contributed by atoms with van der Waals surface area (Å²) in [6.45, 7) is 5.81. The SMILES string of the molecule is C=CC1(C)NC(=O)C12CCC(OC)(OC)C2. The first-order valence-corrected chi connectivity index (χ1v) is 5.54. The normalized spacial score (nSPS) is 40.6. The second kappa shape index (κ2) is 3.31. The van der Waals surface area contributed by atoms with Crippen LogP contribution in [0, 0.1) is 5.41 Å². The van der Waals surface area contributed by atoms with E-state index in [1.54, 1.807) is 14.2 Å². The molecule has 2 rings (SSSR count). The second-order valence-electron chi connectivity index (χ2n) is 4.94. The van der Waals surface area contributed by atoms with Gasteiger partial charge < -0.3 is 14.8 Å². The highest BCUT2D eigenvalue weighted by Gasteiger charge is 2.67. The molecule has 0 radical (unpaired) electrons. The average Bonchev–Trinajstić information content (AvgIpc) is 2.73. The van der Waals surface area contributed by atoms with Crippen LogP contribution in [0.4, 0.5) is 0 Å². The van der Waals surface area contributed by atoms with Gasteiger partial charge in [0.05, 0.1) is 11.0 Å². The number of rotatable bonds is 3. The van der Waals surface area contributed by atoms with Crippen LogP contribution in [-0.2, 0) is 14.3 Å². The maximum absolute atomic E-state index is 11.9. The lowest BCUT2D eigenvalue weighted by Gasteiger charge is -2.54. The molecule has 2 aliphatic rings. The zero-order chi connectivity index (χ0) is 12.0. The summed E-state index contributed by atoms with van der Waals surface area (Å²) in [7, 11) is 3.26. The molecule has 2 unspecified atom stereocenters. The Hall–Kier alpha value is -0.870. The maximum atomic E-state index is 11.9. The Labute approximate surface area is 96.0 Å². The number of hydrogen-bond donors (Lipinski definition) is 1. The van der Waals surface area contributed by atoms with Crippen molar-refractivity contribution in [2.24, 2.45) is 5.41 Å². The monoisotopic (exact) mass is 225 g/mol. The van der Waals surface area contributed by atoms with Gasteiger partial charge in [-0.2, -0.15) is 0 Å². The largest absolute Gasteiger partial charge is 0.353 e. The van der Waals surface area contributed by atoms with E-state index < -0.39 is 11.2 Å². The molecule has 0 bridgehead atoms. The molecule has 1 amide bonds. The average molecular weight is 225 g/mol. The molecule has 1 aliphatic carbocycles. The fraction of sp³-hybridized carbons (Fsp3) is 0.750. The fourth-order valence-corrected chi connectivity index (χ4v) is 3.00. The first-order valence-electron chi connectivity index (χ1n) is 5.54. The van der Waals surface area contributed by atoms with Crippen LogP contribution in [0.2, 0.25) is 0 Å². The third-order valence-electron chi connectivity index (χ3n) is 4.46. The predicted octanol–water partition coefficient (Wildman–Crippen LogP) is 1.22. The van der Waals surface area contributed by atoms with Gasteiger partial charge in [0.15, 0.2) is 5.79 Å². The minimum Gasteiger partial charge on any atom is -0.353 e. The molecule has 4 heteroatoms. The van der Waals surface area contributed by atoms with Gasteiger partial charge in [-0.05, 0) is 13.3 Å². The molecule has 1 aliphatic heterocycles. The highest BCUT2D eigenvalue weighted by Crippen LogP contribution is 2.57. The predicted molar refractivity (Wildman–Crippen MR) is 59.8 cm³/mol. The molecule has 1 N–H and O–H groups in total. The summed E-state index contributed by atoms with van der Waals surface area (Å²) in [5, 5.41) is 2.92. The van der Waals surface area contributed by atoms with E-state index in [2.05, 4.69) is 11.9 Å². The van der Waals surface area contributed by atoms with Crippen molar-refractivity contribution in [3.63, 3.8) is 0 Å². The van der Waals surface area contributed by atoms with Crippen molar-refractivity contribution in [1.82, 2.24) is 5.32 Å². The van der Waals surface area contributed by atoms with E-state index in [0.29, 0.717) is 6.42 Å². The van der Waals surface area contributed by atoms with E-state index in [9.17, 15) is 4.79 Å². The fourth-order valence-electron chi connectivity index (χ4n) is 3.00. The van der Waals surface area contributed by atoms with Crippen LogP contribution in [0.5, 0.6) is 0 Å². The summed E-state index contributed by atoms with van der Waals surface area (Å²) in [5.74, 6) is -0.520. The van der Waals surface area contributed by atoms with Gasteiger partial charge in [0.25, 0.3) is 0 Å². The summed E-state index contributed by atoms with van der Waals surface area (Å²) in [4.78, 5) is 11.9. The van der Waals surface area contributed by atoms with Crippen molar-refractivity contribution < 1.29 is 14.3 Å². The Morgan fingerprint density at radius 2 is 2.00 bits per heavy atom. The molecule has 1 heterocycles. The Bertz CT molecular complexity index is 337. The van der Waals surface area contributed by atoms with E-state index in [0.717, 1.165) is 12.8 Å². The van der Waals surface area contributed by atoms with Crippen molar-refractivity contribution in [2.45, 2.75) is 37.5 Å². The zero-order valence-electron chi connectivity index (χ0n) is 10.1. The Morgan fingerprint density at radius 1 is 1.38 bits per heavy atom. The molecular weight excluding hydrogens is 206 g/mol. The van der Waals surface area contributed by atoms with Gasteiger partial charge >= 0.3 is 0 Å². The molecule has 0 aromatic carbocycles. The van der Waals surface area contributed by atoms with Crippen molar-refractivity contribution in [3.05, 3.63) is 12.7 Å². The van der Waals surface area contributed by atoms with Crippen molar-refractivity contribution >= 4 is 5.91 Å². The van der Waals surface area contributed by atoms with Gasteiger partial charge in [-0.1, -0.05) is 6.08 Å². The molecular formula is C12H19NO3. The van der Waals surface area contributed by atoms with E-state index in [1.807, 2.05) is 13.0 Å². The minimum atomic E-state index is -0.609. The number of amides is 1. The van der Waals surface area contributed by atoms with Crippen LogP contribution in [0.1, 0.15) is 26.2 Å². The number of nitrogens with one attached hydrogen (secondary N) is 1. The Kier molecular flexibility index (Phi) is 2.40. The molecule has 2 fully saturated rings. The molecule has 16 heavy (non-hydrogen) atoms. The number of methoxy groups -OCH3 is 2. The lowest BCUT2D eigenvalue weighted by molar-refractivity contribution is -0.211. The van der Waals surface area contributed by atoms with Gasteiger partial charge in [0.1, 0.15) is 0 Å². The van der Waals surface area contributed by atoms with Gasteiger partial charge in [0, 0.05) is 27.1 Å². The lowest BCUT2D eigenvalue weighted by atomic mass is 9.61.